The van der Waals surface area contributed by atoms with Crippen molar-refractivity contribution in [2.24, 2.45) is 5.92 Å². The second-order valence-corrected chi connectivity index (χ2v) is 9.72. The van der Waals surface area contributed by atoms with E-state index >= 15 is 0 Å². The molecule has 3 atom stereocenters. The summed E-state index contributed by atoms with van der Waals surface area (Å²) >= 11 is 0. The van der Waals surface area contributed by atoms with Crippen LogP contribution in [0.15, 0.2) is 48.5 Å². The summed E-state index contributed by atoms with van der Waals surface area (Å²) in [6.45, 7) is 5.22. The number of carbonyl (C=O) groups is 1. The molecular weight excluding hydrogens is 484 g/mol. The number of hydrogen-bond acceptors (Lipinski definition) is 7. The molecule has 200 valence electrons. The van der Waals surface area contributed by atoms with Gasteiger partial charge in [0.15, 0.2) is 17.7 Å². The predicted octanol–water partition coefficient (Wildman–Crippen LogP) is 4.23. The highest BCUT2D eigenvalue weighted by Gasteiger charge is 2.36. The molecule has 2 aromatic carbocycles. The van der Waals surface area contributed by atoms with Gasteiger partial charge in [-0.25, -0.2) is 4.68 Å². The lowest BCUT2D eigenvalue weighted by Crippen LogP contribution is -2.34. The first-order valence-electron chi connectivity index (χ1n) is 12.7. The maximum absolute atomic E-state index is 12.8. The third-order valence-corrected chi connectivity index (χ3v) is 7.18. The van der Waals surface area contributed by atoms with Crippen molar-refractivity contribution in [1.29, 1.82) is 0 Å². The van der Waals surface area contributed by atoms with Crippen LogP contribution in [0, 0.1) is 12.8 Å². The minimum Gasteiger partial charge on any atom is -0.497 e. The first kappa shape index (κ1) is 25.7. The molecule has 9 heteroatoms. The van der Waals surface area contributed by atoms with Gasteiger partial charge in [0.2, 0.25) is 5.91 Å². The van der Waals surface area contributed by atoms with E-state index in [9.17, 15) is 4.79 Å². The number of fused-ring (bicyclic) bond motifs is 1. The largest absolute Gasteiger partial charge is 0.497 e. The number of ether oxygens (including phenoxy) is 4. The fourth-order valence-corrected chi connectivity index (χ4v) is 5.02. The number of hydrogen-bond donors (Lipinski definition) is 1. The molecule has 9 nitrogen and oxygen atoms in total. The molecule has 38 heavy (non-hydrogen) atoms. The smallest absolute Gasteiger partial charge is 0.223 e. The molecule has 0 bridgehead atoms. The minimum absolute atomic E-state index is 0.0791. The Morgan fingerprint density at radius 2 is 1.79 bits per heavy atom. The van der Waals surface area contributed by atoms with Crippen molar-refractivity contribution in [2.75, 3.05) is 27.9 Å². The highest BCUT2D eigenvalue weighted by Crippen LogP contribution is 2.35. The zero-order chi connectivity index (χ0) is 26.8. The second kappa shape index (κ2) is 10.8. The third-order valence-electron chi connectivity index (χ3n) is 7.18. The summed E-state index contributed by atoms with van der Waals surface area (Å²) in [6.07, 6.45) is 1.82. The maximum Gasteiger partial charge on any atom is 0.223 e. The zero-order valence-electron chi connectivity index (χ0n) is 22.4. The van der Waals surface area contributed by atoms with Gasteiger partial charge in [0.1, 0.15) is 5.75 Å². The van der Waals surface area contributed by atoms with Gasteiger partial charge in [0, 0.05) is 31.0 Å². The molecule has 1 amide bonds. The lowest BCUT2D eigenvalue weighted by molar-refractivity contribution is -0.128. The van der Waals surface area contributed by atoms with Crippen LogP contribution in [0.2, 0.25) is 0 Å². The van der Waals surface area contributed by atoms with E-state index in [0.29, 0.717) is 31.0 Å². The van der Waals surface area contributed by atoms with E-state index in [1.807, 2.05) is 78.2 Å². The number of benzene rings is 2. The van der Waals surface area contributed by atoms with Gasteiger partial charge in [-0.2, -0.15) is 5.10 Å². The van der Waals surface area contributed by atoms with E-state index in [1.165, 1.54) is 0 Å². The average Bonchev–Trinajstić information content (AvgIpc) is 3.50. The number of nitrogens with one attached hydrogen (secondary N) is 1. The topological polar surface area (TPSA) is 87.1 Å². The molecule has 1 saturated heterocycles. The van der Waals surface area contributed by atoms with Crippen LogP contribution in [-0.4, -0.2) is 54.6 Å². The summed E-state index contributed by atoms with van der Waals surface area (Å²) in [7, 11) is 4.88. The van der Waals surface area contributed by atoms with E-state index in [4.69, 9.17) is 18.9 Å². The SMILES string of the molecule is COc1ccc(CN2C[C@H]([C@@H](C)OC3NC(c4ccc(OC)c(OC)c4)=Cn4nc(C)cc43)CC2=O)cc1. The summed E-state index contributed by atoms with van der Waals surface area (Å²) in [6, 6.07) is 15.6. The van der Waals surface area contributed by atoms with Crippen molar-refractivity contribution in [1.82, 2.24) is 20.0 Å². The predicted molar refractivity (Wildman–Crippen MR) is 144 cm³/mol. The molecule has 0 spiro atoms. The Hall–Kier alpha value is -3.98. The second-order valence-electron chi connectivity index (χ2n) is 9.72. The van der Waals surface area contributed by atoms with Crippen molar-refractivity contribution in [3.8, 4) is 17.2 Å². The Labute approximate surface area is 222 Å². The summed E-state index contributed by atoms with van der Waals surface area (Å²) in [5.41, 5.74) is 4.66. The quantitative estimate of drug-likeness (QED) is 0.454. The molecule has 0 saturated carbocycles. The van der Waals surface area contributed by atoms with Crippen LogP contribution in [0.25, 0.3) is 11.9 Å². The molecule has 0 radical (unpaired) electrons. The first-order valence-corrected chi connectivity index (χ1v) is 12.7. The zero-order valence-corrected chi connectivity index (χ0v) is 22.4. The Kier molecular flexibility index (Phi) is 7.28. The van der Waals surface area contributed by atoms with E-state index < -0.39 is 6.23 Å². The normalized spacial score (nSPS) is 19.4. The van der Waals surface area contributed by atoms with E-state index in [1.54, 1.807) is 21.3 Å². The number of nitrogens with zero attached hydrogens (tertiary/aromatic N) is 3. The van der Waals surface area contributed by atoms with E-state index in [0.717, 1.165) is 34.0 Å². The van der Waals surface area contributed by atoms with Crippen LogP contribution in [0.1, 0.15) is 42.1 Å². The molecule has 1 N–H and O–H groups in total. The standard InChI is InChI=1S/C29H34N4O5/c1-18-12-25-29(30-24(17-33(25)31-18)21-8-11-26(36-4)27(13-21)37-5)38-19(2)22-14-28(34)32(16-22)15-20-6-9-23(35-3)10-7-20/h6-13,17,19,22,29-30H,14-16H2,1-5H3/t19-,22-,29?/m1/s1. The highest BCUT2D eigenvalue weighted by atomic mass is 16.5. The Balaban J connectivity index is 1.30. The number of rotatable bonds is 9. The summed E-state index contributed by atoms with van der Waals surface area (Å²) in [5.74, 6) is 2.33. The molecule has 3 aromatic rings. The van der Waals surface area contributed by atoms with Crippen molar-refractivity contribution in [3.63, 3.8) is 0 Å². The van der Waals surface area contributed by atoms with E-state index in [2.05, 4.69) is 10.4 Å². The van der Waals surface area contributed by atoms with Crippen molar-refractivity contribution < 1.29 is 23.7 Å². The van der Waals surface area contributed by atoms with Crippen molar-refractivity contribution in [3.05, 3.63) is 71.0 Å². The number of amides is 1. The van der Waals surface area contributed by atoms with Crippen LogP contribution < -0.4 is 19.5 Å². The number of carbonyl (C=O) groups excluding carboxylic acids is 1. The van der Waals surface area contributed by atoms with Crippen LogP contribution in [0.4, 0.5) is 0 Å². The van der Waals surface area contributed by atoms with Gasteiger partial charge in [-0.3, -0.25) is 4.79 Å². The maximum atomic E-state index is 12.8. The lowest BCUT2D eigenvalue weighted by Gasteiger charge is -2.31. The summed E-state index contributed by atoms with van der Waals surface area (Å²) < 4.78 is 24.6. The third kappa shape index (κ3) is 5.19. The number of aromatic nitrogens is 2. The van der Waals surface area contributed by atoms with Gasteiger partial charge in [0.05, 0.1) is 50.7 Å². The van der Waals surface area contributed by atoms with Gasteiger partial charge in [-0.15, -0.1) is 0 Å². The average molecular weight is 519 g/mol. The Morgan fingerprint density at radius 3 is 2.50 bits per heavy atom. The lowest BCUT2D eigenvalue weighted by atomic mass is 10.0. The number of likely N-dealkylation sites (tertiary alicyclic amines) is 1. The minimum atomic E-state index is -0.426. The molecule has 5 rings (SSSR count). The molecule has 2 aliphatic heterocycles. The van der Waals surface area contributed by atoms with Gasteiger partial charge in [-0.05, 0) is 55.8 Å². The molecule has 1 aromatic heterocycles. The highest BCUT2D eigenvalue weighted by molar-refractivity contribution is 5.79. The Bertz CT molecular complexity index is 1330. The first-order chi connectivity index (χ1) is 18.4. The monoisotopic (exact) mass is 518 g/mol. The number of aryl methyl sites for hydroxylation is 1. The fraction of sp³-hybridized carbons (Fsp3) is 0.379. The van der Waals surface area contributed by atoms with Crippen LogP contribution in [-0.2, 0) is 16.1 Å². The van der Waals surface area contributed by atoms with Crippen molar-refractivity contribution in [2.45, 2.75) is 39.1 Å². The van der Waals surface area contributed by atoms with Gasteiger partial charge in [-0.1, -0.05) is 12.1 Å². The summed E-state index contributed by atoms with van der Waals surface area (Å²) in [4.78, 5) is 14.8. The summed E-state index contributed by atoms with van der Waals surface area (Å²) in [5, 5.41) is 8.16. The molecule has 1 unspecified atom stereocenters. The molecule has 3 heterocycles. The fourth-order valence-electron chi connectivity index (χ4n) is 5.02. The molecule has 1 fully saturated rings. The van der Waals surface area contributed by atoms with Gasteiger partial charge in [0.25, 0.3) is 0 Å². The molecule has 0 aliphatic carbocycles. The van der Waals surface area contributed by atoms with Gasteiger partial charge < -0.3 is 29.2 Å². The Morgan fingerprint density at radius 1 is 1.03 bits per heavy atom. The van der Waals surface area contributed by atoms with Crippen LogP contribution in [0.5, 0.6) is 17.2 Å². The number of methoxy groups -OCH3 is 3. The molecular formula is C29H34N4O5. The van der Waals surface area contributed by atoms with Crippen LogP contribution in [0.3, 0.4) is 0 Å². The van der Waals surface area contributed by atoms with Crippen LogP contribution >= 0.6 is 0 Å². The van der Waals surface area contributed by atoms with Crippen molar-refractivity contribution >= 4 is 17.8 Å². The van der Waals surface area contributed by atoms with Gasteiger partial charge >= 0.3 is 0 Å². The van der Waals surface area contributed by atoms with E-state index in [-0.39, 0.29) is 17.9 Å². The molecule has 2 aliphatic rings.